The maximum absolute atomic E-state index is 13.1. The Morgan fingerprint density at radius 2 is 1.49 bits per heavy atom. The number of alkyl halides is 3. The molecular weight excluding hydrogens is 525 g/mol. The highest BCUT2D eigenvalue weighted by Crippen LogP contribution is 2.44. The molecule has 2 N–H and O–H groups in total. The fourth-order valence-electron chi connectivity index (χ4n) is 4.54. The van der Waals surface area contributed by atoms with Crippen molar-refractivity contribution in [1.82, 2.24) is 0 Å². The van der Waals surface area contributed by atoms with Crippen molar-refractivity contribution in [2.75, 3.05) is 4.72 Å². The van der Waals surface area contributed by atoms with Gasteiger partial charge in [0, 0.05) is 17.8 Å². The highest BCUT2D eigenvalue weighted by Gasteiger charge is 2.40. The number of halogens is 3. The summed E-state index contributed by atoms with van der Waals surface area (Å²) in [5.41, 5.74) is 0.553. The molecule has 0 aliphatic heterocycles. The maximum Gasteiger partial charge on any atom is 0.416 e. The molecule has 5 nitrogen and oxygen atoms in total. The van der Waals surface area contributed by atoms with Crippen LogP contribution in [0.1, 0.15) is 23.1 Å². The second kappa shape index (κ2) is 10.2. The van der Waals surface area contributed by atoms with E-state index < -0.39 is 27.4 Å². The summed E-state index contributed by atoms with van der Waals surface area (Å²) in [4.78, 5) is 4.46. The van der Waals surface area contributed by atoms with E-state index in [4.69, 9.17) is 0 Å². The summed E-state index contributed by atoms with van der Waals surface area (Å²) in [6.07, 6.45) is -2.64. The number of benzene rings is 4. The number of rotatable bonds is 6. The van der Waals surface area contributed by atoms with Crippen LogP contribution in [0, 0.1) is 0 Å². The molecule has 0 fully saturated rings. The van der Waals surface area contributed by atoms with Crippen LogP contribution in [-0.4, -0.2) is 19.2 Å². The van der Waals surface area contributed by atoms with Crippen LogP contribution < -0.4 is 4.72 Å². The standard InChI is InChI=1S/C30H23F3N2O3S/c31-30(32,33)23-13-7-15-25(17-23)35-39(37,38)27-16-8-14-24(18-27)34-26-19-28(21-9-3-1-4-10-21)29(36,20-26)22-11-5-2-6-12-22/h1-19,35-36H,20H2. The van der Waals surface area contributed by atoms with Crippen LogP contribution in [0.3, 0.4) is 0 Å². The fraction of sp³-hybridized carbons (Fsp3) is 0.100. The average Bonchev–Trinajstić information content (AvgIpc) is 3.26. The van der Waals surface area contributed by atoms with Gasteiger partial charge in [0.1, 0.15) is 5.60 Å². The molecule has 0 saturated heterocycles. The molecular formula is C30H23F3N2O3S. The van der Waals surface area contributed by atoms with Gasteiger partial charge in [0.2, 0.25) is 0 Å². The van der Waals surface area contributed by atoms with Crippen molar-refractivity contribution < 1.29 is 26.7 Å². The quantitative estimate of drug-likeness (QED) is 0.274. The molecule has 1 aliphatic carbocycles. The van der Waals surface area contributed by atoms with E-state index in [1.807, 2.05) is 60.7 Å². The molecule has 0 radical (unpaired) electrons. The van der Waals surface area contributed by atoms with Gasteiger partial charge < -0.3 is 5.11 Å². The first-order valence-corrected chi connectivity index (χ1v) is 13.5. The van der Waals surface area contributed by atoms with Crippen LogP contribution in [0.5, 0.6) is 0 Å². The number of allylic oxidation sites excluding steroid dienone is 1. The van der Waals surface area contributed by atoms with Gasteiger partial charge in [-0.1, -0.05) is 72.8 Å². The van der Waals surface area contributed by atoms with Gasteiger partial charge in [0.05, 0.1) is 16.1 Å². The van der Waals surface area contributed by atoms with E-state index in [2.05, 4.69) is 9.71 Å². The van der Waals surface area contributed by atoms with Crippen molar-refractivity contribution >= 4 is 32.7 Å². The summed E-state index contributed by atoms with van der Waals surface area (Å²) < 4.78 is 67.3. The zero-order valence-electron chi connectivity index (χ0n) is 20.4. The Kier molecular flexibility index (Phi) is 6.88. The van der Waals surface area contributed by atoms with Gasteiger partial charge in [0.25, 0.3) is 10.0 Å². The number of aliphatic imine (C=N–C) groups is 1. The topological polar surface area (TPSA) is 78.8 Å². The number of hydrogen-bond donors (Lipinski definition) is 2. The van der Waals surface area contributed by atoms with Crippen LogP contribution in [0.25, 0.3) is 5.57 Å². The Balaban J connectivity index is 1.47. The number of nitrogens with zero attached hydrogens (tertiary/aromatic N) is 1. The maximum atomic E-state index is 13.1. The van der Waals surface area contributed by atoms with Crippen LogP contribution >= 0.6 is 0 Å². The van der Waals surface area contributed by atoms with Crippen molar-refractivity contribution in [2.45, 2.75) is 23.1 Å². The van der Waals surface area contributed by atoms with Gasteiger partial charge in [-0.05, 0) is 59.2 Å². The molecule has 0 aromatic heterocycles. The van der Waals surface area contributed by atoms with Gasteiger partial charge >= 0.3 is 6.18 Å². The molecule has 1 unspecified atom stereocenters. The van der Waals surface area contributed by atoms with Gasteiger partial charge in [-0.3, -0.25) is 9.71 Å². The predicted octanol–water partition coefficient (Wildman–Crippen LogP) is 6.95. The molecule has 198 valence electrons. The van der Waals surface area contributed by atoms with E-state index >= 15 is 0 Å². The molecule has 9 heteroatoms. The molecule has 0 amide bonds. The molecule has 5 rings (SSSR count). The van der Waals surface area contributed by atoms with Crippen LogP contribution in [-0.2, 0) is 21.8 Å². The largest absolute Gasteiger partial charge is 0.416 e. The monoisotopic (exact) mass is 548 g/mol. The fourth-order valence-corrected chi connectivity index (χ4v) is 5.63. The van der Waals surface area contributed by atoms with Crippen molar-refractivity contribution in [1.29, 1.82) is 0 Å². The lowest BCUT2D eigenvalue weighted by molar-refractivity contribution is -0.137. The van der Waals surface area contributed by atoms with E-state index in [-0.39, 0.29) is 17.0 Å². The minimum Gasteiger partial charge on any atom is -0.380 e. The molecule has 0 spiro atoms. The van der Waals surface area contributed by atoms with Crippen molar-refractivity contribution in [3.63, 3.8) is 0 Å². The van der Waals surface area contributed by atoms with Crippen molar-refractivity contribution in [3.8, 4) is 0 Å². The Morgan fingerprint density at radius 3 is 2.18 bits per heavy atom. The third kappa shape index (κ3) is 5.64. The van der Waals surface area contributed by atoms with Gasteiger partial charge in [0.15, 0.2) is 0 Å². The lowest BCUT2D eigenvalue weighted by Crippen LogP contribution is -2.25. The highest BCUT2D eigenvalue weighted by molar-refractivity contribution is 7.92. The third-order valence-electron chi connectivity index (χ3n) is 6.37. The molecule has 0 heterocycles. The summed E-state index contributed by atoms with van der Waals surface area (Å²) in [5, 5.41) is 11.8. The molecule has 39 heavy (non-hydrogen) atoms. The highest BCUT2D eigenvalue weighted by atomic mass is 32.2. The normalized spacial score (nSPS) is 18.7. The third-order valence-corrected chi connectivity index (χ3v) is 7.75. The lowest BCUT2D eigenvalue weighted by Gasteiger charge is -2.27. The number of sulfonamides is 1. The van der Waals surface area contributed by atoms with E-state index in [1.54, 1.807) is 12.1 Å². The average molecular weight is 549 g/mol. The summed E-state index contributed by atoms with van der Waals surface area (Å²) in [6.45, 7) is 0. The molecule has 0 bridgehead atoms. The summed E-state index contributed by atoms with van der Waals surface area (Å²) in [6, 6.07) is 28.4. The van der Waals surface area contributed by atoms with E-state index in [0.717, 1.165) is 23.8 Å². The Labute approximate surface area is 224 Å². The zero-order chi connectivity index (χ0) is 27.7. The lowest BCUT2D eigenvalue weighted by atomic mass is 9.84. The zero-order valence-corrected chi connectivity index (χ0v) is 21.2. The molecule has 0 saturated carbocycles. The summed E-state index contributed by atoms with van der Waals surface area (Å²) in [5.74, 6) is 0. The first kappa shape index (κ1) is 26.4. The van der Waals surface area contributed by atoms with Crippen LogP contribution in [0.15, 0.2) is 125 Å². The van der Waals surface area contributed by atoms with Crippen LogP contribution in [0.4, 0.5) is 24.5 Å². The first-order chi connectivity index (χ1) is 18.5. The Bertz CT molecular complexity index is 1670. The number of hydrogen-bond acceptors (Lipinski definition) is 4. The predicted molar refractivity (Wildman–Crippen MR) is 145 cm³/mol. The smallest absolute Gasteiger partial charge is 0.380 e. The molecule has 4 aromatic carbocycles. The van der Waals surface area contributed by atoms with E-state index in [1.165, 1.54) is 24.3 Å². The van der Waals surface area contributed by atoms with Crippen molar-refractivity contribution in [3.05, 3.63) is 132 Å². The second-order valence-electron chi connectivity index (χ2n) is 9.11. The van der Waals surface area contributed by atoms with E-state index in [0.29, 0.717) is 22.5 Å². The minimum absolute atomic E-state index is 0.162. The van der Waals surface area contributed by atoms with Gasteiger partial charge in [-0.2, -0.15) is 13.2 Å². The SMILES string of the molecule is O=S(=O)(Nc1cccc(C(F)(F)F)c1)c1cccc(N=C2C=C(c3ccccc3)C(O)(c3ccccc3)C2)c1. The Morgan fingerprint density at radius 1 is 0.821 bits per heavy atom. The van der Waals surface area contributed by atoms with Gasteiger partial charge in [-0.15, -0.1) is 0 Å². The summed E-state index contributed by atoms with van der Waals surface area (Å²) >= 11 is 0. The molecule has 1 atom stereocenters. The van der Waals surface area contributed by atoms with Gasteiger partial charge in [-0.25, -0.2) is 8.42 Å². The number of anilines is 1. The first-order valence-electron chi connectivity index (χ1n) is 12.0. The minimum atomic E-state index is -4.60. The van der Waals surface area contributed by atoms with E-state index in [9.17, 15) is 26.7 Å². The van der Waals surface area contributed by atoms with Crippen molar-refractivity contribution in [2.24, 2.45) is 4.99 Å². The van der Waals surface area contributed by atoms with Crippen LogP contribution in [0.2, 0.25) is 0 Å². The summed E-state index contributed by atoms with van der Waals surface area (Å²) in [7, 11) is -4.20. The molecule has 4 aromatic rings. The Hall–Kier alpha value is -4.21. The number of aliphatic hydroxyl groups is 1. The number of nitrogens with one attached hydrogen (secondary N) is 1. The second-order valence-corrected chi connectivity index (χ2v) is 10.8. The molecule has 1 aliphatic rings.